The van der Waals surface area contributed by atoms with E-state index in [2.05, 4.69) is 15.6 Å². The van der Waals surface area contributed by atoms with E-state index in [0.29, 0.717) is 18.0 Å². The molecule has 23 heavy (non-hydrogen) atoms. The van der Waals surface area contributed by atoms with Gasteiger partial charge in [-0.05, 0) is 58.6 Å². The van der Waals surface area contributed by atoms with Gasteiger partial charge in [-0.15, -0.1) is 0 Å². The summed E-state index contributed by atoms with van der Waals surface area (Å²) in [6.45, 7) is 5.47. The molecule has 1 fully saturated rings. The van der Waals surface area contributed by atoms with Crippen molar-refractivity contribution < 1.29 is 14.3 Å². The van der Waals surface area contributed by atoms with Crippen LogP contribution in [0.25, 0.3) is 0 Å². The highest BCUT2D eigenvalue weighted by Gasteiger charge is 2.20. The lowest BCUT2D eigenvalue weighted by atomic mass is 9.93. The second kappa shape index (κ2) is 7.64. The molecule has 0 atom stereocenters. The van der Waals surface area contributed by atoms with Crippen molar-refractivity contribution in [1.29, 1.82) is 0 Å². The van der Waals surface area contributed by atoms with Gasteiger partial charge in [0.1, 0.15) is 11.4 Å². The number of ether oxygens (including phenoxy) is 2. The molecule has 0 spiro atoms. The number of carbonyl (C=O) groups is 1. The number of rotatable bonds is 4. The maximum absolute atomic E-state index is 11.7. The van der Waals surface area contributed by atoms with Gasteiger partial charge in [-0.25, -0.2) is 9.78 Å². The normalized spacial score (nSPS) is 21.6. The number of carbonyl (C=O) groups excluding carboxylic acids is 1. The molecule has 1 heterocycles. The van der Waals surface area contributed by atoms with Crippen LogP contribution < -0.4 is 10.6 Å². The van der Waals surface area contributed by atoms with Crippen molar-refractivity contribution in [2.24, 2.45) is 0 Å². The highest BCUT2D eigenvalue weighted by Crippen LogP contribution is 2.24. The Kier molecular flexibility index (Phi) is 5.82. The standard InChI is InChI=1S/C17H27N3O3/c1-17(2,3)23-16(21)20-15-10-7-13(11-18-15)19-12-5-8-14(22-4)9-6-12/h7,10-12,14,19H,5-6,8-9H2,1-4H3,(H,18,20,21). The lowest BCUT2D eigenvalue weighted by Gasteiger charge is -2.28. The van der Waals surface area contributed by atoms with E-state index in [0.717, 1.165) is 31.4 Å². The molecule has 0 saturated heterocycles. The minimum atomic E-state index is -0.521. The van der Waals surface area contributed by atoms with Gasteiger partial charge in [0.05, 0.1) is 18.0 Å². The number of pyridine rings is 1. The van der Waals surface area contributed by atoms with E-state index in [4.69, 9.17) is 9.47 Å². The van der Waals surface area contributed by atoms with E-state index in [1.165, 1.54) is 0 Å². The minimum Gasteiger partial charge on any atom is -0.444 e. The van der Waals surface area contributed by atoms with Crippen LogP contribution in [0.2, 0.25) is 0 Å². The third-order valence-corrected chi connectivity index (χ3v) is 3.77. The van der Waals surface area contributed by atoms with Gasteiger partial charge >= 0.3 is 6.09 Å². The Morgan fingerprint density at radius 2 is 1.91 bits per heavy atom. The number of amides is 1. The average molecular weight is 321 g/mol. The van der Waals surface area contributed by atoms with E-state index in [1.54, 1.807) is 19.4 Å². The molecule has 0 aromatic carbocycles. The molecular formula is C17H27N3O3. The zero-order valence-electron chi connectivity index (χ0n) is 14.4. The van der Waals surface area contributed by atoms with Gasteiger partial charge < -0.3 is 14.8 Å². The first-order valence-corrected chi connectivity index (χ1v) is 8.11. The van der Waals surface area contributed by atoms with E-state index < -0.39 is 11.7 Å². The summed E-state index contributed by atoms with van der Waals surface area (Å²) in [6.07, 6.45) is 5.98. The van der Waals surface area contributed by atoms with Crippen LogP contribution in [0.3, 0.4) is 0 Å². The highest BCUT2D eigenvalue weighted by atomic mass is 16.6. The molecule has 2 N–H and O–H groups in total. The van der Waals surface area contributed by atoms with Crippen molar-refractivity contribution in [2.75, 3.05) is 17.7 Å². The van der Waals surface area contributed by atoms with E-state index in [1.807, 2.05) is 26.8 Å². The molecule has 0 bridgehead atoms. The molecule has 6 nitrogen and oxygen atoms in total. The van der Waals surface area contributed by atoms with E-state index in [-0.39, 0.29) is 0 Å². The third kappa shape index (κ3) is 6.06. The maximum atomic E-state index is 11.7. The number of hydrogen-bond acceptors (Lipinski definition) is 5. The summed E-state index contributed by atoms with van der Waals surface area (Å²) in [7, 11) is 1.78. The Labute approximate surface area is 138 Å². The van der Waals surface area contributed by atoms with E-state index in [9.17, 15) is 4.79 Å². The van der Waals surface area contributed by atoms with Crippen molar-refractivity contribution in [3.63, 3.8) is 0 Å². The summed E-state index contributed by atoms with van der Waals surface area (Å²) in [5.74, 6) is 0.480. The first-order valence-electron chi connectivity index (χ1n) is 8.11. The highest BCUT2D eigenvalue weighted by molar-refractivity contribution is 5.83. The van der Waals surface area contributed by atoms with Gasteiger partial charge in [0.15, 0.2) is 0 Å². The van der Waals surface area contributed by atoms with E-state index >= 15 is 0 Å². The summed E-state index contributed by atoms with van der Waals surface area (Å²) in [5, 5.41) is 6.11. The second-order valence-corrected chi connectivity index (χ2v) is 6.91. The molecule has 1 amide bonds. The van der Waals surface area contributed by atoms with Crippen LogP contribution in [-0.4, -0.2) is 35.9 Å². The number of nitrogens with one attached hydrogen (secondary N) is 2. The Bertz CT molecular complexity index is 503. The van der Waals surface area contributed by atoms with Crippen LogP contribution in [0.1, 0.15) is 46.5 Å². The SMILES string of the molecule is COC1CCC(Nc2ccc(NC(=O)OC(C)(C)C)nc2)CC1. The second-order valence-electron chi connectivity index (χ2n) is 6.91. The predicted molar refractivity (Wildman–Crippen MR) is 90.8 cm³/mol. The molecular weight excluding hydrogens is 294 g/mol. The van der Waals surface area contributed by atoms with Crippen LogP contribution in [0.15, 0.2) is 18.3 Å². The van der Waals surface area contributed by atoms with Gasteiger partial charge in [0.25, 0.3) is 0 Å². The van der Waals surface area contributed by atoms with Crippen LogP contribution in [0.5, 0.6) is 0 Å². The van der Waals surface area contributed by atoms with Crippen LogP contribution in [0.4, 0.5) is 16.3 Å². The lowest BCUT2D eigenvalue weighted by Crippen LogP contribution is -2.29. The molecule has 0 unspecified atom stereocenters. The number of nitrogens with zero attached hydrogens (tertiary/aromatic N) is 1. The lowest BCUT2D eigenvalue weighted by molar-refractivity contribution is 0.0635. The van der Waals surface area contributed by atoms with Gasteiger partial charge in [0.2, 0.25) is 0 Å². The van der Waals surface area contributed by atoms with Gasteiger partial charge in [0, 0.05) is 13.2 Å². The fourth-order valence-electron chi connectivity index (χ4n) is 2.64. The monoisotopic (exact) mass is 321 g/mol. The Balaban J connectivity index is 1.82. The first kappa shape index (κ1) is 17.5. The van der Waals surface area contributed by atoms with Crippen molar-refractivity contribution >= 4 is 17.6 Å². The summed E-state index contributed by atoms with van der Waals surface area (Å²) in [5.41, 5.74) is 0.438. The van der Waals surface area contributed by atoms with Crippen molar-refractivity contribution in [3.8, 4) is 0 Å². The molecule has 1 aromatic heterocycles. The molecule has 6 heteroatoms. The van der Waals surface area contributed by atoms with Crippen molar-refractivity contribution in [1.82, 2.24) is 4.98 Å². The zero-order chi connectivity index (χ0) is 16.9. The number of aromatic nitrogens is 1. The summed E-state index contributed by atoms with van der Waals surface area (Å²) in [6, 6.07) is 4.14. The summed E-state index contributed by atoms with van der Waals surface area (Å²) < 4.78 is 10.6. The van der Waals surface area contributed by atoms with Gasteiger partial charge in [-0.3, -0.25) is 5.32 Å². The first-order chi connectivity index (χ1) is 10.9. The largest absolute Gasteiger partial charge is 0.444 e. The smallest absolute Gasteiger partial charge is 0.413 e. The minimum absolute atomic E-state index is 0.395. The zero-order valence-corrected chi connectivity index (χ0v) is 14.4. The number of anilines is 2. The number of methoxy groups -OCH3 is 1. The Morgan fingerprint density at radius 1 is 1.22 bits per heavy atom. The fraction of sp³-hybridized carbons (Fsp3) is 0.647. The average Bonchev–Trinajstić information content (AvgIpc) is 2.48. The molecule has 0 radical (unpaired) electrons. The Morgan fingerprint density at radius 3 is 2.43 bits per heavy atom. The molecule has 0 aliphatic heterocycles. The molecule has 1 aliphatic carbocycles. The topological polar surface area (TPSA) is 72.5 Å². The Hall–Kier alpha value is -1.82. The van der Waals surface area contributed by atoms with Gasteiger partial charge in [-0.1, -0.05) is 0 Å². The van der Waals surface area contributed by atoms with Crippen molar-refractivity contribution in [2.45, 2.75) is 64.2 Å². The van der Waals surface area contributed by atoms with Crippen LogP contribution in [-0.2, 0) is 9.47 Å². The molecule has 1 aromatic rings. The molecule has 1 aliphatic rings. The summed E-state index contributed by atoms with van der Waals surface area (Å²) in [4.78, 5) is 15.9. The predicted octanol–water partition coefficient (Wildman–Crippen LogP) is 3.80. The van der Waals surface area contributed by atoms with Crippen LogP contribution >= 0.6 is 0 Å². The third-order valence-electron chi connectivity index (χ3n) is 3.77. The molecule has 2 rings (SSSR count). The summed E-state index contributed by atoms with van der Waals surface area (Å²) >= 11 is 0. The van der Waals surface area contributed by atoms with Gasteiger partial charge in [-0.2, -0.15) is 0 Å². The van der Waals surface area contributed by atoms with Crippen LogP contribution in [0, 0.1) is 0 Å². The number of hydrogen-bond donors (Lipinski definition) is 2. The quantitative estimate of drug-likeness (QED) is 0.882. The van der Waals surface area contributed by atoms with Crippen molar-refractivity contribution in [3.05, 3.63) is 18.3 Å². The molecule has 1 saturated carbocycles. The molecule has 128 valence electrons. The maximum Gasteiger partial charge on any atom is 0.413 e. The fourth-order valence-corrected chi connectivity index (χ4v) is 2.64.